The van der Waals surface area contributed by atoms with Crippen LogP contribution in [0.5, 0.6) is 0 Å². The predicted molar refractivity (Wildman–Crippen MR) is 140 cm³/mol. The number of carbonyl (C=O) groups is 2. The van der Waals surface area contributed by atoms with Crippen LogP contribution in [0.1, 0.15) is 88.5 Å². The number of hydrogen-bond acceptors (Lipinski definition) is 2. The first-order valence-electron chi connectivity index (χ1n) is 12.9. The molecule has 0 bridgehead atoms. The highest BCUT2D eigenvalue weighted by Crippen LogP contribution is 2.23. The lowest BCUT2D eigenvalue weighted by molar-refractivity contribution is -0.141. The Morgan fingerprint density at radius 1 is 1.00 bits per heavy atom. The molecule has 1 aliphatic carbocycles. The van der Waals surface area contributed by atoms with Crippen LogP contribution in [-0.4, -0.2) is 28.8 Å². The third-order valence-electron chi connectivity index (χ3n) is 7.17. The Balaban J connectivity index is 1.70. The van der Waals surface area contributed by atoms with Crippen molar-refractivity contribution < 1.29 is 9.59 Å². The molecule has 1 N–H and O–H groups in total. The maximum atomic E-state index is 13.4. The van der Waals surface area contributed by atoms with E-state index in [1.807, 2.05) is 25.1 Å². The number of benzene rings is 2. The molecule has 0 heterocycles. The van der Waals surface area contributed by atoms with Crippen LogP contribution < -0.4 is 5.32 Å². The van der Waals surface area contributed by atoms with Gasteiger partial charge in [-0.15, -0.1) is 0 Å². The van der Waals surface area contributed by atoms with Crippen LogP contribution in [0.4, 0.5) is 0 Å². The van der Waals surface area contributed by atoms with Crippen LogP contribution in [0.15, 0.2) is 48.5 Å². The van der Waals surface area contributed by atoms with E-state index in [4.69, 9.17) is 0 Å². The lowest BCUT2D eigenvalue weighted by Gasteiger charge is -2.31. The minimum atomic E-state index is -0.503. The average Bonchev–Trinajstić information content (AvgIpc) is 2.82. The standard InChI is InChI=1S/C30H42N2O2/c1-22-11-9-10-12-25(22)21-32(23(2)29(34)31-27-13-7-6-8-14-27)28(33)20-17-24-15-18-26(19-16-24)30(3,4)5/h9-12,15-16,18-19,23,27H,6-8,13-14,17,20-21H2,1-5H3,(H,31,34)/t23-/m1/s1. The zero-order valence-corrected chi connectivity index (χ0v) is 21.7. The monoisotopic (exact) mass is 462 g/mol. The van der Waals surface area contributed by atoms with Crippen LogP contribution in [0, 0.1) is 6.92 Å². The first kappa shape index (κ1) is 26.0. The summed E-state index contributed by atoms with van der Waals surface area (Å²) < 4.78 is 0. The van der Waals surface area contributed by atoms with E-state index in [1.165, 1.54) is 24.8 Å². The minimum absolute atomic E-state index is 0.0226. The van der Waals surface area contributed by atoms with Gasteiger partial charge in [0.2, 0.25) is 11.8 Å². The van der Waals surface area contributed by atoms with Crippen LogP contribution in [-0.2, 0) is 28.0 Å². The quantitative estimate of drug-likeness (QED) is 0.516. The molecule has 4 nitrogen and oxygen atoms in total. The molecule has 2 aromatic rings. The Labute approximate surface area is 206 Å². The molecule has 4 heteroatoms. The third kappa shape index (κ3) is 7.19. The van der Waals surface area contributed by atoms with Gasteiger partial charge >= 0.3 is 0 Å². The number of nitrogens with zero attached hydrogens (tertiary/aromatic N) is 1. The van der Waals surface area contributed by atoms with Crippen molar-refractivity contribution >= 4 is 11.8 Å². The van der Waals surface area contributed by atoms with E-state index in [2.05, 4.69) is 63.3 Å². The fourth-order valence-corrected chi connectivity index (χ4v) is 4.69. The number of amides is 2. The van der Waals surface area contributed by atoms with E-state index in [1.54, 1.807) is 4.90 Å². The number of hydrogen-bond donors (Lipinski definition) is 1. The summed E-state index contributed by atoms with van der Waals surface area (Å²) >= 11 is 0. The fraction of sp³-hybridized carbons (Fsp3) is 0.533. The molecular formula is C30H42N2O2. The molecule has 2 aromatic carbocycles. The second-order valence-electron chi connectivity index (χ2n) is 10.9. The summed E-state index contributed by atoms with van der Waals surface area (Å²) in [5, 5.41) is 3.22. The molecule has 1 saturated carbocycles. The van der Waals surface area contributed by atoms with Crippen LogP contribution in [0.2, 0.25) is 0 Å². The van der Waals surface area contributed by atoms with E-state index in [0.29, 0.717) is 19.4 Å². The molecule has 0 radical (unpaired) electrons. The van der Waals surface area contributed by atoms with Gasteiger partial charge in [0.1, 0.15) is 6.04 Å². The van der Waals surface area contributed by atoms with Crippen LogP contribution >= 0.6 is 0 Å². The minimum Gasteiger partial charge on any atom is -0.352 e. The first-order valence-corrected chi connectivity index (χ1v) is 12.9. The van der Waals surface area contributed by atoms with Gasteiger partial charge in [-0.2, -0.15) is 0 Å². The number of nitrogens with one attached hydrogen (secondary N) is 1. The molecule has 0 aromatic heterocycles. The lowest BCUT2D eigenvalue weighted by Crippen LogP contribution is -2.50. The Morgan fingerprint density at radius 3 is 2.26 bits per heavy atom. The maximum absolute atomic E-state index is 13.4. The molecule has 0 spiro atoms. The summed E-state index contributed by atoms with van der Waals surface area (Å²) in [5.74, 6) is -0.0159. The van der Waals surface area contributed by atoms with Gasteiger partial charge in [0.05, 0.1) is 0 Å². The maximum Gasteiger partial charge on any atom is 0.242 e. The second-order valence-corrected chi connectivity index (χ2v) is 10.9. The Morgan fingerprint density at radius 2 is 1.65 bits per heavy atom. The first-order chi connectivity index (χ1) is 16.1. The van der Waals surface area contributed by atoms with Crippen molar-refractivity contribution in [2.24, 2.45) is 0 Å². The van der Waals surface area contributed by atoms with Gasteiger partial charge in [-0.25, -0.2) is 0 Å². The number of carbonyl (C=O) groups excluding carboxylic acids is 2. The Bertz CT molecular complexity index is 953. The highest BCUT2D eigenvalue weighted by Gasteiger charge is 2.28. The van der Waals surface area contributed by atoms with Gasteiger partial charge in [0.15, 0.2) is 0 Å². The van der Waals surface area contributed by atoms with Crippen LogP contribution in [0.25, 0.3) is 0 Å². The van der Waals surface area contributed by atoms with Crippen molar-refractivity contribution in [3.05, 3.63) is 70.8 Å². The predicted octanol–water partition coefficient (Wildman–Crippen LogP) is 6.09. The van der Waals surface area contributed by atoms with E-state index in [0.717, 1.165) is 29.5 Å². The molecule has 34 heavy (non-hydrogen) atoms. The molecule has 2 amide bonds. The normalized spacial score (nSPS) is 15.6. The molecule has 0 aliphatic heterocycles. The highest BCUT2D eigenvalue weighted by atomic mass is 16.2. The van der Waals surface area contributed by atoms with Crippen molar-refractivity contribution in [1.82, 2.24) is 10.2 Å². The number of rotatable bonds is 8. The highest BCUT2D eigenvalue weighted by molar-refractivity contribution is 5.87. The summed E-state index contributed by atoms with van der Waals surface area (Å²) in [6.07, 6.45) is 6.71. The van der Waals surface area contributed by atoms with E-state index >= 15 is 0 Å². The van der Waals surface area contributed by atoms with Crippen molar-refractivity contribution in [1.29, 1.82) is 0 Å². The summed E-state index contributed by atoms with van der Waals surface area (Å²) in [5.41, 5.74) is 4.77. The fourth-order valence-electron chi connectivity index (χ4n) is 4.69. The van der Waals surface area contributed by atoms with Gasteiger partial charge in [-0.05, 0) is 60.8 Å². The summed E-state index contributed by atoms with van der Waals surface area (Å²) in [4.78, 5) is 28.3. The van der Waals surface area contributed by atoms with E-state index in [-0.39, 0.29) is 23.3 Å². The van der Waals surface area contributed by atoms with Crippen LogP contribution in [0.3, 0.4) is 0 Å². The largest absolute Gasteiger partial charge is 0.352 e. The summed E-state index contributed by atoms with van der Waals surface area (Å²) in [6, 6.07) is 16.4. The van der Waals surface area contributed by atoms with Gasteiger partial charge in [-0.3, -0.25) is 9.59 Å². The topological polar surface area (TPSA) is 49.4 Å². The molecular weight excluding hydrogens is 420 g/mol. The summed E-state index contributed by atoms with van der Waals surface area (Å²) in [6.45, 7) is 11.0. The smallest absolute Gasteiger partial charge is 0.242 e. The third-order valence-corrected chi connectivity index (χ3v) is 7.17. The zero-order valence-electron chi connectivity index (χ0n) is 21.7. The molecule has 1 atom stereocenters. The molecule has 184 valence electrons. The van der Waals surface area contributed by atoms with E-state index < -0.39 is 6.04 Å². The van der Waals surface area contributed by atoms with Gasteiger partial charge in [0, 0.05) is 19.0 Å². The molecule has 1 aliphatic rings. The molecule has 1 fully saturated rings. The lowest BCUT2D eigenvalue weighted by atomic mass is 9.86. The summed E-state index contributed by atoms with van der Waals surface area (Å²) in [7, 11) is 0. The van der Waals surface area contributed by atoms with Gasteiger partial charge in [-0.1, -0.05) is 88.6 Å². The Kier molecular flexibility index (Phi) is 8.93. The van der Waals surface area contributed by atoms with Crippen molar-refractivity contribution in [2.45, 2.75) is 104 Å². The van der Waals surface area contributed by atoms with Gasteiger partial charge in [0.25, 0.3) is 0 Å². The molecule has 0 saturated heterocycles. The second kappa shape index (κ2) is 11.7. The van der Waals surface area contributed by atoms with Gasteiger partial charge < -0.3 is 10.2 Å². The average molecular weight is 463 g/mol. The zero-order chi connectivity index (χ0) is 24.7. The number of aryl methyl sites for hydroxylation is 2. The van der Waals surface area contributed by atoms with Crippen molar-refractivity contribution in [3.63, 3.8) is 0 Å². The van der Waals surface area contributed by atoms with E-state index in [9.17, 15) is 9.59 Å². The molecule has 3 rings (SSSR count). The molecule has 0 unspecified atom stereocenters. The van der Waals surface area contributed by atoms with Crippen molar-refractivity contribution in [2.75, 3.05) is 0 Å². The Hall–Kier alpha value is -2.62. The van der Waals surface area contributed by atoms with Crippen molar-refractivity contribution in [3.8, 4) is 0 Å². The SMILES string of the molecule is Cc1ccccc1CN(C(=O)CCc1ccc(C(C)(C)C)cc1)[C@H](C)C(=O)NC1CCCCC1.